The van der Waals surface area contributed by atoms with Gasteiger partial charge in [0.2, 0.25) is 17.7 Å². The summed E-state index contributed by atoms with van der Waals surface area (Å²) in [6.07, 6.45) is 1.32. The van der Waals surface area contributed by atoms with Crippen molar-refractivity contribution in [1.29, 1.82) is 0 Å². The molecule has 0 fully saturated rings. The van der Waals surface area contributed by atoms with E-state index in [-0.39, 0.29) is 31.8 Å². The van der Waals surface area contributed by atoms with Crippen LogP contribution in [0.25, 0.3) is 10.9 Å². The molecule has 4 atom stereocenters. The number of carboxylic acids is 2. The number of nitrogens with zero attached hydrogens (tertiary/aromatic N) is 1. The van der Waals surface area contributed by atoms with Crippen LogP contribution in [-0.4, -0.2) is 81.5 Å². The first-order valence-corrected chi connectivity index (χ1v) is 12.1. The van der Waals surface area contributed by atoms with E-state index in [9.17, 15) is 29.1 Å². The molecular formula is C24H34N8O7. The molecule has 0 aliphatic carbocycles. The van der Waals surface area contributed by atoms with Crippen LogP contribution in [0, 0.1) is 0 Å². The summed E-state index contributed by atoms with van der Waals surface area (Å²) >= 11 is 0. The highest BCUT2D eigenvalue weighted by atomic mass is 16.4. The number of nitrogens with two attached hydrogens (primary N) is 3. The van der Waals surface area contributed by atoms with Crippen LogP contribution in [0.2, 0.25) is 0 Å². The molecule has 2 aromatic rings. The van der Waals surface area contributed by atoms with Gasteiger partial charge in [0, 0.05) is 30.1 Å². The lowest BCUT2D eigenvalue weighted by Gasteiger charge is -2.23. The standard InChI is InChI=1S/C24H34N8O7/c1-12(30-21(36)15(25)10-19(33)34)20(35)31-17(7-4-8-28-24(26)27)22(37)32-18(23(38)39)9-13-11-29-16-6-3-2-5-14(13)16/h2-3,5-6,11-12,15,17-18,29H,4,7-10,25H2,1H3,(H,30,36)(H,31,35)(H,32,37)(H,33,34)(H,38,39)(H4,26,27,28). The molecule has 3 amide bonds. The number of nitrogens with one attached hydrogen (secondary N) is 4. The second-order valence-corrected chi connectivity index (χ2v) is 8.91. The Morgan fingerprint density at radius 2 is 1.64 bits per heavy atom. The van der Waals surface area contributed by atoms with Gasteiger partial charge in [-0.3, -0.25) is 24.2 Å². The van der Waals surface area contributed by atoms with Gasteiger partial charge in [-0.15, -0.1) is 0 Å². The van der Waals surface area contributed by atoms with Gasteiger partial charge < -0.3 is 48.3 Å². The fourth-order valence-corrected chi connectivity index (χ4v) is 3.73. The van der Waals surface area contributed by atoms with Gasteiger partial charge in [0.15, 0.2) is 5.96 Å². The minimum absolute atomic E-state index is 0.0202. The fourth-order valence-electron chi connectivity index (χ4n) is 3.73. The van der Waals surface area contributed by atoms with Crippen LogP contribution in [-0.2, 0) is 30.4 Å². The van der Waals surface area contributed by atoms with Gasteiger partial charge in [0.25, 0.3) is 0 Å². The molecule has 0 aliphatic rings. The highest BCUT2D eigenvalue weighted by Gasteiger charge is 2.29. The van der Waals surface area contributed by atoms with E-state index in [4.69, 9.17) is 22.3 Å². The lowest BCUT2D eigenvalue weighted by molar-refractivity contribution is -0.142. The van der Waals surface area contributed by atoms with E-state index in [0.717, 1.165) is 10.9 Å². The number of carbonyl (C=O) groups excluding carboxylic acids is 3. The maximum absolute atomic E-state index is 13.1. The van der Waals surface area contributed by atoms with Crippen LogP contribution in [0.3, 0.4) is 0 Å². The van der Waals surface area contributed by atoms with Crippen molar-refractivity contribution >= 4 is 46.5 Å². The number of rotatable bonds is 15. The van der Waals surface area contributed by atoms with Gasteiger partial charge in [-0.05, 0) is 31.4 Å². The zero-order valence-electron chi connectivity index (χ0n) is 21.3. The normalized spacial score (nSPS) is 13.9. The number of carboxylic acid groups (broad SMARTS) is 2. The van der Waals surface area contributed by atoms with Crippen LogP contribution in [0.5, 0.6) is 0 Å². The largest absolute Gasteiger partial charge is 0.481 e. The fraction of sp³-hybridized carbons (Fsp3) is 0.417. The molecule has 15 nitrogen and oxygen atoms in total. The molecule has 1 heterocycles. The highest BCUT2D eigenvalue weighted by Crippen LogP contribution is 2.19. The van der Waals surface area contributed by atoms with Crippen molar-refractivity contribution in [2.45, 2.75) is 56.8 Å². The third kappa shape index (κ3) is 9.62. The molecule has 12 N–H and O–H groups in total. The van der Waals surface area contributed by atoms with Crippen molar-refractivity contribution in [3.63, 3.8) is 0 Å². The summed E-state index contributed by atoms with van der Waals surface area (Å²) in [5.74, 6) is -5.10. The number of aliphatic carboxylic acids is 2. The van der Waals surface area contributed by atoms with Crippen LogP contribution in [0.15, 0.2) is 35.5 Å². The molecule has 0 saturated heterocycles. The van der Waals surface area contributed by atoms with E-state index in [1.165, 1.54) is 6.92 Å². The molecule has 0 radical (unpaired) electrons. The van der Waals surface area contributed by atoms with Gasteiger partial charge in [-0.25, -0.2) is 4.79 Å². The van der Waals surface area contributed by atoms with Crippen molar-refractivity contribution in [1.82, 2.24) is 20.9 Å². The summed E-state index contributed by atoms with van der Waals surface area (Å²) < 4.78 is 0. The number of carbonyl (C=O) groups is 5. The number of hydrogen-bond donors (Lipinski definition) is 9. The van der Waals surface area contributed by atoms with Crippen LogP contribution in [0.1, 0.15) is 31.7 Å². The van der Waals surface area contributed by atoms with Crippen LogP contribution >= 0.6 is 0 Å². The molecule has 15 heteroatoms. The Morgan fingerprint density at radius 3 is 2.28 bits per heavy atom. The van der Waals surface area contributed by atoms with Crippen LogP contribution < -0.4 is 33.2 Å². The third-order valence-corrected chi connectivity index (χ3v) is 5.78. The molecule has 0 saturated carbocycles. The Bertz CT molecular complexity index is 1220. The summed E-state index contributed by atoms with van der Waals surface area (Å²) in [4.78, 5) is 67.6. The predicted octanol–water partition coefficient (Wildman–Crippen LogP) is -1.88. The molecular weight excluding hydrogens is 512 g/mol. The van der Waals surface area contributed by atoms with E-state index in [0.29, 0.717) is 5.56 Å². The number of fused-ring (bicyclic) bond motifs is 1. The quantitative estimate of drug-likeness (QED) is 0.0681. The minimum Gasteiger partial charge on any atom is -0.481 e. The summed E-state index contributed by atoms with van der Waals surface area (Å²) in [6, 6.07) is 2.26. The topological polar surface area (TPSA) is 268 Å². The monoisotopic (exact) mass is 546 g/mol. The molecule has 4 unspecified atom stereocenters. The van der Waals surface area contributed by atoms with E-state index in [2.05, 4.69) is 25.9 Å². The summed E-state index contributed by atoms with van der Waals surface area (Å²) in [5, 5.41) is 26.6. The first-order chi connectivity index (χ1) is 18.4. The first-order valence-electron chi connectivity index (χ1n) is 12.1. The number of para-hydroxylation sites is 1. The van der Waals surface area contributed by atoms with Crippen molar-refractivity contribution in [3.8, 4) is 0 Å². The maximum Gasteiger partial charge on any atom is 0.326 e. The zero-order valence-corrected chi connectivity index (χ0v) is 21.3. The third-order valence-electron chi connectivity index (χ3n) is 5.78. The highest BCUT2D eigenvalue weighted by molar-refractivity contribution is 5.94. The average Bonchev–Trinajstić information content (AvgIpc) is 3.27. The average molecular weight is 547 g/mol. The van der Waals surface area contributed by atoms with Crippen molar-refractivity contribution in [2.24, 2.45) is 22.2 Å². The van der Waals surface area contributed by atoms with Crippen molar-refractivity contribution in [2.75, 3.05) is 6.54 Å². The molecule has 2 rings (SSSR count). The Morgan fingerprint density at radius 1 is 0.974 bits per heavy atom. The number of aromatic amines is 1. The lowest BCUT2D eigenvalue weighted by Crippen LogP contribution is -2.56. The number of guanidine groups is 1. The number of benzene rings is 1. The number of aliphatic imine (C=N–C) groups is 1. The molecule has 1 aromatic carbocycles. The Kier molecular flexibility index (Phi) is 11.2. The lowest BCUT2D eigenvalue weighted by atomic mass is 10.0. The summed E-state index contributed by atoms with van der Waals surface area (Å²) in [5.41, 5.74) is 17.6. The molecule has 0 bridgehead atoms. The second kappa shape index (κ2) is 14.3. The molecule has 39 heavy (non-hydrogen) atoms. The molecule has 1 aromatic heterocycles. The minimum atomic E-state index is -1.38. The Labute approximate surface area is 223 Å². The number of hydrogen-bond acceptors (Lipinski definition) is 7. The summed E-state index contributed by atoms with van der Waals surface area (Å²) in [6.45, 7) is 1.47. The van der Waals surface area contributed by atoms with Gasteiger partial charge in [0.05, 0.1) is 12.5 Å². The Hall–Kier alpha value is -4.66. The number of aromatic nitrogens is 1. The van der Waals surface area contributed by atoms with Gasteiger partial charge in [-0.1, -0.05) is 18.2 Å². The van der Waals surface area contributed by atoms with E-state index >= 15 is 0 Å². The van der Waals surface area contributed by atoms with Gasteiger partial charge in [-0.2, -0.15) is 0 Å². The summed E-state index contributed by atoms with van der Waals surface area (Å²) in [7, 11) is 0. The first kappa shape index (κ1) is 30.6. The molecule has 212 valence electrons. The SMILES string of the molecule is CC(NC(=O)C(N)CC(=O)O)C(=O)NC(CCCN=C(N)N)C(=O)NC(Cc1c[nH]c2ccccc12)C(=O)O. The van der Waals surface area contributed by atoms with E-state index < -0.39 is 60.2 Å². The molecule has 0 spiro atoms. The number of H-pyrrole nitrogens is 1. The Balaban J connectivity index is 2.12. The van der Waals surface area contributed by atoms with Crippen molar-refractivity contribution in [3.05, 3.63) is 36.0 Å². The number of amides is 3. The molecule has 0 aliphatic heterocycles. The van der Waals surface area contributed by atoms with Crippen molar-refractivity contribution < 1.29 is 34.2 Å². The van der Waals surface area contributed by atoms with Crippen LogP contribution in [0.4, 0.5) is 0 Å². The van der Waals surface area contributed by atoms with E-state index in [1.807, 2.05) is 24.3 Å². The zero-order chi connectivity index (χ0) is 29.1. The predicted molar refractivity (Wildman–Crippen MR) is 141 cm³/mol. The van der Waals surface area contributed by atoms with Gasteiger partial charge >= 0.3 is 11.9 Å². The smallest absolute Gasteiger partial charge is 0.326 e. The second-order valence-electron chi connectivity index (χ2n) is 8.91. The maximum atomic E-state index is 13.1. The van der Waals surface area contributed by atoms with E-state index in [1.54, 1.807) is 6.20 Å². The van der Waals surface area contributed by atoms with Gasteiger partial charge in [0.1, 0.15) is 18.1 Å².